The van der Waals surface area contributed by atoms with Gasteiger partial charge in [0.25, 0.3) is 0 Å². The summed E-state index contributed by atoms with van der Waals surface area (Å²) in [5, 5.41) is 7.83. The summed E-state index contributed by atoms with van der Waals surface area (Å²) in [6.45, 7) is 6.11. The summed E-state index contributed by atoms with van der Waals surface area (Å²) in [7, 11) is 0. The number of hydrogen-bond donors (Lipinski definition) is 0. The highest BCUT2D eigenvalue weighted by molar-refractivity contribution is 7.09. The minimum absolute atomic E-state index is 0.0289. The van der Waals surface area contributed by atoms with Gasteiger partial charge in [-0.05, 0) is 23.0 Å². The SMILES string of the molecule is CC(C)(C)c1nnsc1C(=O)c1ccsc1. The molecule has 2 rings (SSSR count). The predicted molar refractivity (Wildman–Crippen MR) is 66.4 cm³/mol. The molecule has 2 aromatic heterocycles. The standard InChI is InChI=1S/C11H12N2OS2/c1-11(2,3)10-9(16-13-12-10)8(14)7-4-5-15-6-7/h4-6H,1-3H3. The number of rotatable bonds is 2. The molecule has 2 aromatic rings. The van der Waals surface area contributed by atoms with Crippen LogP contribution < -0.4 is 0 Å². The molecule has 0 atom stereocenters. The molecule has 3 nitrogen and oxygen atoms in total. The molecule has 0 fully saturated rings. The molecule has 5 heteroatoms. The maximum absolute atomic E-state index is 12.2. The van der Waals surface area contributed by atoms with Crippen molar-refractivity contribution in [1.29, 1.82) is 0 Å². The van der Waals surface area contributed by atoms with Crippen molar-refractivity contribution >= 4 is 28.7 Å². The Balaban J connectivity index is 2.43. The Bertz CT molecular complexity index is 494. The van der Waals surface area contributed by atoms with E-state index in [1.165, 1.54) is 22.9 Å². The largest absolute Gasteiger partial charge is 0.288 e. The summed E-state index contributed by atoms with van der Waals surface area (Å²) in [4.78, 5) is 12.8. The van der Waals surface area contributed by atoms with E-state index in [0.29, 0.717) is 4.88 Å². The zero-order valence-electron chi connectivity index (χ0n) is 9.35. The third-order valence-corrected chi connectivity index (χ3v) is 3.60. The van der Waals surface area contributed by atoms with Gasteiger partial charge >= 0.3 is 0 Å². The average molecular weight is 252 g/mol. The molecule has 0 amide bonds. The average Bonchev–Trinajstić information content (AvgIpc) is 2.87. The highest BCUT2D eigenvalue weighted by Crippen LogP contribution is 2.27. The van der Waals surface area contributed by atoms with Crippen LogP contribution in [0.3, 0.4) is 0 Å². The Morgan fingerprint density at radius 2 is 2.12 bits per heavy atom. The number of aromatic nitrogens is 2. The lowest BCUT2D eigenvalue weighted by Crippen LogP contribution is -2.16. The molecule has 0 saturated heterocycles. The van der Waals surface area contributed by atoms with Crippen LogP contribution in [0.5, 0.6) is 0 Å². The van der Waals surface area contributed by atoms with Gasteiger partial charge in [-0.2, -0.15) is 11.3 Å². The molecular formula is C11H12N2OS2. The Morgan fingerprint density at radius 1 is 1.38 bits per heavy atom. The number of hydrogen-bond acceptors (Lipinski definition) is 5. The highest BCUT2D eigenvalue weighted by atomic mass is 32.1. The van der Waals surface area contributed by atoms with Gasteiger partial charge in [-0.1, -0.05) is 25.3 Å². The van der Waals surface area contributed by atoms with Crippen molar-refractivity contribution < 1.29 is 4.79 Å². The van der Waals surface area contributed by atoms with Crippen LogP contribution in [-0.2, 0) is 5.41 Å². The Kier molecular flexibility index (Phi) is 2.90. The summed E-state index contributed by atoms with van der Waals surface area (Å²) in [6.07, 6.45) is 0. The summed E-state index contributed by atoms with van der Waals surface area (Å²) in [5.74, 6) is 0.0289. The molecule has 0 N–H and O–H groups in total. The van der Waals surface area contributed by atoms with Gasteiger partial charge in [0, 0.05) is 16.4 Å². The van der Waals surface area contributed by atoms with Gasteiger partial charge in [-0.15, -0.1) is 5.10 Å². The minimum atomic E-state index is -0.145. The predicted octanol–water partition coefficient (Wildman–Crippen LogP) is 3.13. The van der Waals surface area contributed by atoms with E-state index in [0.717, 1.165) is 11.3 Å². The molecule has 84 valence electrons. The van der Waals surface area contributed by atoms with Gasteiger partial charge in [0.15, 0.2) is 0 Å². The lowest BCUT2D eigenvalue weighted by Gasteiger charge is -2.15. The van der Waals surface area contributed by atoms with E-state index in [1.807, 2.05) is 37.6 Å². The Labute approximate surface area is 102 Å². The normalized spacial score (nSPS) is 11.7. The highest BCUT2D eigenvalue weighted by Gasteiger charge is 2.26. The Hall–Kier alpha value is -1.07. The fourth-order valence-corrected chi connectivity index (χ4v) is 2.83. The van der Waals surface area contributed by atoms with Crippen molar-refractivity contribution in [3.05, 3.63) is 33.0 Å². The maximum atomic E-state index is 12.2. The van der Waals surface area contributed by atoms with Gasteiger partial charge < -0.3 is 0 Å². The third-order valence-electron chi connectivity index (χ3n) is 2.19. The van der Waals surface area contributed by atoms with Crippen molar-refractivity contribution in [3.63, 3.8) is 0 Å². The lowest BCUT2D eigenvalue weighted by molar-refractivity contribution is 0.104. The number of carbonyl (C=O) groups is 1. The molecule has 0 bridgehead atoms. The first-order valence-corrected chi connectivity index (χ1v) is 6.61. The van der Waals surface area contributed by atoms with Crippen molar-refractivity contribution in [2.24, 2.45) is 0 Å². The quantitative estimate of drug-likeness (QED) is 0.771. The van der Waals surface area contributed by atoms with E-state index in [9.17, 15) is 4.79 Å². The number of ketones is 1. The van der Waals surface area contributed by atoms with Gasteiger partial charge in [-0.3, -0.25) is 4.79 Å². The molecule has 0 aromatic carbocycles. The second-order valence-electron chi connectivity index (χ2n) is 4.54. The van der Waals surface area contributed by atoms with Gasteiger partial charge in [0.2, 0.25) is 5.78 Å². The third kappa shape index (κ3) is 2.05. The summed E-state index contributed by atoms with van der Waals surface area (Å²) < 4.78 is 3.89. The number of carbonyl (C=O) groups excluding carboxylic acids is 1. The summed E-state index contributed by atoms with van der Waals surface area (Å²) >= 11 is 2.70. The molecule has 0 spiro atoms. The monoisotopic (exact) mass is 252 g/mol. The first kappa shape index (κ1) is 11.4. The second-order valence-corrected chi connectivity index (χ2v) is 6.08. The van der Waals surface area contributed by atoms with E-state index in [-0.39, 0.29) is 11.2 Å². The van der Waals surface area contributed by atoms with Gasteiger partial charge in [-0.25, -0.2) is 0 Å². The zero-order chi connectivity index (χ0) is 11.8. The van der Waals surface area contributed by atoms with Crippen LogP contribution in [0.15, 0.2) is 16.8 Å². The lowest BCUT2D eigenvalue weighted by atomic mass is 9.90. The van der Waals surface area contributed by atoms with E-state index >= 15 is 0 Å². The minimum Gasteiger partial charge on any atom is -0.288 e. The molecule has 0 aliphatic rings. The smallest absolute Gasteiger partial charge is 0.207 e. The fourth-order valence-electron chi connectivity index (χ4n) is 1.36. The molecule has 0 aliphatic heterocycles. The molecule has 2 heterocycles. The van der Waals surface area contributed by atoms with Crippen LogP contribution in [0.4, 0.5) is 0 Å². The van der Waals surface area contributed by atoms with Crippen molar-refractivity contribution in [2.75, 3.05) is 0 Å². The van der Waals surface area contributed by atoms with Crippen LogP contribution in [0.2, 0.25) is 0 Å². The number of nitrogens with zero attached hydrogens (tertiary/aromatic N) is 2. The van der Waals surface area contributed by atoms with Crippen molar-refractivity contribution in [3.8, 4) is 0 Å². The molecule has 0 unspecified atom stereocenters. The zero-order valence-corrected chi connectivity index (χ0v) is 11.0. The molecule has 0 saturated carbocycles. The summed E-state index contributed by atoms with van der Waals surface area (Å²) in [6, 6.07) is 1.83. The van der Waals surface area contributed by atoms with Crippen LogP contribution in [0.25, 0.3) is 0 Å². The molecular weight excluding hydrogens is 240 g/mol. The van der Waals surface area contributed by atoms with Crippen LogP contribution in [0.1, 0.15) is 41.7 Å². The number of thiophene rings is 1. The van der Waals surface area contributed by atoms with E-state index in [4.69, 9.17) is 0 Å². The first-order chi connectivity index (χ1) is 7.50. The van der Waals surface area contributed by atoms with E-state index < -0.39 is 0 Å². The fraction of sp³-hybridized carbons (Fsp3) is 0.364. The molecule has 16 heavy (non-hydrogen) atoms. The van der Waals surface area contributed by atoms with Crippen LogP contribution in [0, 0.1) is 0 Å². The van der Waals surface area contributed by atoms with E-state index in [1.54, 1.807) is 0 Å². The first-order valence-electron chi connectivity index (χ1n) is 4.90. The summed E-state index contributed by atoms with van der Waals surface area (Å²) in [5.41, 5.74) is 1.36. The maximum Gasteiger partial charge on any atom is 0.207 e. The van der Waals surface area contributed by atoms with E-state index in [2.05, 4.69) is 9.59 Å². The van der Waals surface area contributed by atoms with Crippen molar-refractivity contribution in [1.82, 2.24) is 9.59 Å². The van der Waals surface area contributed by atoms with Gasteiger partial charge in [0.1, 0.15) is 4.88 Å². The molecule has 0 radical (unpaired) electrons. The van der Waals surface area contributed by atoms with Crippen molar-refractivity contribution in [2.45, 2.75) is 26.2 Å². The van der Waals surface area contributed by atoms with Crippen LogP contribution in [-0.4, -0.2) is 15.4 Å². The van der Waals surface area contributed by atoms with Gasteiger partial charge in [0.05, 0.1) is 5.69 Å². The topological polar surface area (TPSA) is 42.9 Å². The van der Waals surface area contributed by atoms with Crippen LogP contribution >= 0.6 is 22.9 Å². The Morgan fingerprint density at radius 3 is 2.69 bits per heavy atom. The second kappa shape index (κ2) is 4.07. The molecule has 0 aliphatic carbocycles.